The van der Waals surface area contributed by atoms with E-state index in [0.29, 0.717) is 0 Å². The number of hydrogen-bond donors (Lipinski definition) is 2. The lowest BCUT2D eigenvalue weighted by atomic mass is 10.1. The lowest BCUT2D eigenvalue weighted by molar-refractivity contribution is -0.662. The van der Waals surface area contributed by atoms with E-state index in [1.54, 1.807) is 0 Å². The normalized spacial score (nSPS) is 13.3. The van der Waals surface area contributed by atoms with E-state index in [2.05, 4.69) is 141 Å². The van der Waals surface area contributed by atoms with Crippen LogP contribution < -0.4 is 19.8 Å². The van der Waals surface area contributed by atoms with Crippen molar-refractivity contribution in [2.45, 2.75) is 26.2 Å². The summed E-state index contributed by atoms with van der Waals surface area (Å²) in [6.45, 7) is 3.23. The van der Waals surface area contributed by atoms with Crippen molar-refractivity contribution >= 4 is 33.2 Å². The molecule has 8 aliphatic heterocycles. The molecule has 0 aliphatic carbocycles. The van der Waals surface area contributed by atoms with Crippen LogP contribution in [0.4, 0.5) is 11.4 Å². The number of pyridine rings is 2. The monoisotopic (exact) mass is 494 g/mol. The first-order valence-corrected chi connectivity index (χ1v) is 13.3. The fourth-order valence-electron chi connectivity index (χ4n) is 5.47. The maximum Gasteiger partial charge on any atom is 0.214 e. The quantitative estimate of drug-likeness (QED) is 0.246. The second kappa shape index (κ2) is 9.64. The van der Waals surface area contributed by atoms with Crippen LogP contribution in [0, 0.1) is 0 Å². The molecule has 8 bridgehead atoms. The molecule has 2 N–H and O–H groups in total. The van der Waals surface area contributed by atoms with Crippen molar-refractivity contribution in [3.63, 3.8) is 0 Å². The molecule has 0 atom stereocenters. The van der Waals surface area contributed by atoms with Gasteiger partial charge in [0.15, 0.2) is 25.5 Å². The van der Waals surface area contributed by atoms with Crippen LogP contribution in [0.25, 0.3) is 21.8 Å². The van der Waals surface area contributed by atoms with Crippen molar-refractivity contribution in [3.8, 4) is 0 Å². The SMILES string of the molecule is c1ccc2c(c1)c1cc[n+]2Cc2ccc(cc2)C[n+]2ccc(c3ccccc32)NCc2ccc(cc2)CN1. The van der Waals surface area contributed by atoms with E-state index in [9.17, 15) is 0 Å². The third kappa shape index (κ3) is 4.35. The molecule has 8 aliphatic rings. The third-order valence-corrected chi connectivity index (χ3v) is 7.57. The summed E-state index contributed by atoms with van der Waals surface area (Å²) in [7, 11) is 0. The van der Waals surface area contributed by atoms with Gasteiger partial charge in [0.25, 0.3) is 0 Å². The zero-order chi connectivity index (χ0) is 25.3. The van der Waals surface area contributed by atoms with Gasteiger partial charge in [-0.25, -0.2) is 0 Å². The van der Waals surface area contributed by atoms with Crippen LogP contribution in [0.2, 0.25) is 0 Å². The zero-order valence-electron chi connectivity index (χ0n) is 21.3. The van der Waals surface area contributed by atoms with Gasteiger partial charge in [-0.15, -0.1) is 0 Å². The van der Waals surface area contributed by atoms with Crippen LogP contribution in [0.1, 0.15) is 22.3 Å². The van der Waals surface area contributed by atoms with Crippen LogP contribution in [-0.4, -0.2) is 0 Å². The molecule has 14 rings (SSSR count). The third-order valence-electron chi connectivity index (χ3n) is 7.57. The summed E-state index contributed by atoms with van der Waals surface area (Å²) in [6, 6.07) is 39.6. The highest BCUT2D eigenvalue weighted by Crippen LogP contribution is 2.23. The van der Waals surface area contributed by atoms with Gasteiger partial charge in [-0.2, -0.15) is 9.13 Å². The van der Waals surface area contributed by atoms with E-state index >= 15 is 0 Å². The Morgan fingerprint density at radius 3 is 1.26 bits per heavy atom. The molecule has 0 spiro atoms. The van der Waals surface area contributed by atoms with Gasteiger partial charge in [0.2, 0.25) is 11.0 Å². The number of anilines is 2. The molecule has 0 unspecified atom stereocenters. The number of para-hydroxylation sites is 2. The van der Waals surface area contributed by atoms with Crippen molar-refractivity contribution in [1.82, 2.24) is 0 Å². The Morgan fingerprint density at radius 1 is 0.421 bits per heavy atom. The molecule has 38 heavy (non-hydrogen) atoms. The Balaban J connectivity index is 1.31. The zero-order valence-corrected chi connectivity index (χ0v) is 21.3. The average molecular weight is 495 g/mol. The summed E-state index contributed by atoms with van der Waals surface area (Å²) >= 11 is 0. The summed E-state index contributed by atoms with van der Waals surface area (Å²) in [4.78, 5) is 0. The first-order valence-electron chi connectivity index (χ1n) is 13.3. The predicted molar refractivity (Wildman–Crippen MR) is 154 cm³/mol. The Hall–Kier alpha value is -4.70. The predicted octanol–water partition coefficient (Wildman–Crippen LogP) is 6.20. The van der Waals surface area contributed by atoms with E-state index in [4.69, 9.17) is 0 Å². The minimum Gasteiger partial charge on any atom is -0.380 e. The maximum atomic E-state index is 3.68. The molecule has 4 nitrogen and oxygen atoms in total. The van der Waals surface area contributed by atoms with Gasteiger partial charge in [0.05, 0.1) is 22.1 Å². The molecule has 2 aromatic heterocycles. The molecular formula is C34H30N4+2. The van der Waals surface area contributed by atoms with Crippen LogP contribution in [-0.2, 0) is 26.2 Å². The number of nitrogens with one attached hydrogen (secondary N) is 2. The van der Waals surface area contributed by atoms with Gasteiger partial charge in [0.1, 0.15) is 0 Å². The molecule has 0 saturated carbocycles. The average Bonchev–Trinajstić information content (AvgIpc) is 2.97. The Morgan fingerprint density at radius 2 is 0.816 bits per heavy atom. The van der Waals surface area contributed by atoms with E-state index in [-0.39, 0.29) is 0 Å². The Kier molecular flexibility index (Phi) is 5.71. The standard InChI is InChI=1S/C34H28N4/c1-3-7-33-29(5-1)31-17-19-37(33)23-27-13-15-28(16-14-27)24-38-20-18-32(30-6-2-4-8-34(30)38)36-22-26-11-9-25(10-12-26)21-35-31/h1-20H,21-24H2/p+2. The number of benzene rings is 4. The molecule has 6 aromatic rings. The number of fused-ring (bicyclic) bond motifs is 1. The van der Waals surface area contributed by atoms with Crippen molar-refractivity contribution in [2.24, 2.45) is 0 Å². The van der Waals surface area contributed by atoms with Crippen LogP contribution >= 0.6 is 0 Å². The number of aromatic nitrogens is 2. The molecule has 184 valence electrons. The van der Waals surface area contributed by atoms with E-state index in [1.165, 1.54) is 44.1 Å². The molecule has 10 heterocycles. The topological polar surface area (TPSA) is 31.8 Å². The molecule has 0 saturated heterocycles. The van der Waals surface area contributed by atoms with Crippen LogP contribution in [0.3, 0.4) is 0 Å². The molecule has 0 amide bonds. The smallest absolute Gasteiger partial charge is 0.214 e. The van der Waals surface area contributed by atoms with Crippen molar-refractivity contribution in [2.75, 3.05) is 10.6 Å². The Bertz CT molecular complexity index is 1620. The lowest BCUT2D eigenvalue weighted by Crippen LogP contribution is -2.35. The number of hydrogen-bond acceptors (Lipinski definition) is 2. The summed E-state index contributed by atoms with van der Waals surface area (Å²) in [6.07, 6.45) is 4.39. The fourth-order valence-corrected chi connectivity index (χ4v) is 5.47. The highest BCUT2D eigenvalue weighted by Gasteiger charge is 2.15. The highest BCUT2D eigenvalue weighted by molar-refractivity contribution is 5.89. The minimum absolute atomic E-state index is 0.784. The second-order valence-corrected chi connectivity index (χ2v) is 10.1. The van der Waals surface area contributed by atoms with Gasteiger partial charge in [-0.3, -0.25) is 0 Å². The van der Waals surface area contributed by atoms with Crippen LogP contribution in [0.5, 0.6) is 0 Å². The summed E-state index contributed by atoms with van der Waals surface area (Å²) in [5, 5.41) is 9.82. The lowest BCUT2D eigenvalue weighted by Gasteiger charge is -2.12. The van der Waals surface area contributed by atoms with Crippen molar-refractivity contribution in [3.05, 3.63) is 144 Å². The molecule has 0 radical (unpaired) electrons. The largest absolute Gasteiger partial charge is 0.380 e. The number of rotatable bonds is 0. The summed E-state index contributed by atoms with van der Waals surface area (Å²) < 4.78 is 4.68. The van der Waals surface area contributed by atoms with Crippen molar-refractivity contribution < 1.29 is 9.13 Å². The maximum absolute atomic E-state index is 3.68. The fraction of sp³-hybridized carbons (Fsp3) is 0.118. The van der Waals surface area contributed by atoms with Crippen molar-refractivity contribution in [1.29, 1.82) is 0 Å². The summed E-state index contributed by atoms with van der Waals surface area (Å²) in [5.74, 6) is 0. The number of nitrogens with zero attached hydrogens (tertiary/aromatic N) is 2. The van der Waals surface area contributed by atoms with E-state index < -0.39 is 0 Å². The molecular weight excluding hydrogens is 464 g/mol. The first kappa shape index (κ1) is 22.5. The van der Waals surface area contributed by atoms with Gasteiger partial charge in [-0.05, 0) is 23.3 Å². The van der Waals surface area contributed by atoms with Gasteiger partial charge < -0.3 is 10.6 Å². The molecule has 0 fully saturated rings. The van der Waals surface area contributed by atoms with E-state index in [0.717, 1.165) is 37.6 Å². The molecule has 4 heteroatoms. The van der Waals surface area contributed by atoms with Crippen LogP contribution in [0.15, 0.2) is 122 Å². The van der Waals surface area contributed by atoms with Gasteiger partial charge in [-0.1, -0.05) is 72.8 Å². The minimum atomic E-state index is 0.784. The Labute approximate surface area is 222 Å². The van der Waals surface area contributed by atoms with Gasteiger partial charge in [0, 0.05) is 48.5 Å². The highest BCUT2D eigenvalue weighted by atomic mass is 15.0. The first-order chi connectivity index (χ1) is 18.8. The molecule has 4 aromatic carbocycles. The van der Waals surface area contributed by atoms with E-state index in [1.807, 2.05) is 0 Å². The second-order valence-electron chi connectivity index (χ2n) is 10.1. The van der Waals surface area contributed by atoms with Gasteiger partial charge >= 0.3 is 0 Å². The summed E-state index contributed by atoms with van der Waals surface area (Å²) in [5.41, 5.74) is 9.90.